The zero-order valence-corrected chi connectivity index (χ0v) is 13.8. The van der Waals surface area contributed by atoms with Crippen molar-refractivity contribution in [2.45, 2.75) is 19.4 Å². The lowest BCUT2D eigenvalue weighted by molar-refractivity contribution is 0.186. The third-order valence-corrected chi connectivity index (χ3v) is 5.68. The minimum Gasteiger partial charge on any atom is -0.493 e. The van der Waals surface area contributed by atoms with Crippen molar-refractivity contribution in [1.29, 1.82) is 0 Å². The van der Waals surface area contributed by atoms with E-state index in [1.807, 2.05) is 17.4 Å². The predicted molar refractivity (Wildman–Crippen MR) is 87.6 cm³/mol. The summed E-state index contributed by atoms with van der Waals surface area (Å²) in [6.07, 6.45) is 1.07. The number of benzene rings is 1. The highest BCUT2D eigenvalue weighted by molar-refractivity contribution is 9.10. The smallest absolute Gasteiger partial charge is 0.122 e. The highest BCUT2D eigenvalue weighted by Crippen LogP contribution is 2.38. The molecule has 0 spiro atoms. The molecule has 1 aliphatic rings. The maximum Gasteiger partial charge on any atom is 0.122 e. The molecule has 0 radical (unpaired) electrons. The van der Waals surface area contributed by atoms with Crippen LogP contribution in [0.3, 0.4) is 0 Å². The van der Waals surface area contributed by atoms with E-state index in [0.717, 1.165) is 25.3 Å². The van der Waals surface area contributed by atoms with E-state index < -0.39 is 0 Å². The topological polar surface area (TPSA) is 21.3 Å². The van der Waals surface area contributed by atoms with Crippen molar-refractivity contribution in [2.75, 3.05) is 13.2 Å². The Hall–Kier alpha value is -0.840. The van der Waals surface area contributed by atoms with Gasteiger partial charge in [0.25, 0.3) is 0 Å². The molecular weight excluding hydrogens is 334 g/mol. The quantitative estimate of drug-likeness (QED) is 0.880. The van der Waals surface area contributed by atoms with Crippen molar-refractivity contribution in [1.82, 2.24) is 5.32 Å². The van der Waals surface area contributed by atoms with E-state index in [9.17, 15) is 0 Å². The minimum atomic E-state index is 0.350. The van der Waals surface area contributed by atoms with Gasteiger partial charge in [-0.2, -0.15) is 0 Å². The molecule has 1 aromatic heterocycles. The minimum absolute atomic E-state index is 0.350. The van der Waals surface area contributed by atoms with Gasteiger partial charge in [-0.3, -0.25) is 0 Å². The van der Waals surface area contributed by atoms with Crippen LogP contribution < -0.4 is 10.1 Å². The Kier molecular flexibility index (Phi) is 4.44. The van der Waals surface area contributed by atoms with Gasteiger partial charge in [-0.25, -0.2) is 0 Å². The molecule has 1 aromatic carbocycles. The lowest BCUT2D eigenvalue weighted by Crippen LogP contribution is -2.34. The summed E-state index contributed by atoms with van der Waals surface area (Å²) >= 11 is 5.47. The van der Waals surface area contributed by atoms with E-state index in [1.165, 1.54) is 14.9 Å². The fraction of sp³-hybridized carbons (Fsp3) is 0.375. The number of halogens is 1. The van der Waals surface area contributed by atoms with Gasteiger partial charge in [0.2, 0.25) is 0 Å². The molecule has 0 saturated heterocycles. The average molecular weight is 352 g/mol. The van der Waals surface area contributed by atoms with Gasteiger partial charge >= 0.3 is 0 Å². The molecular formula is C16H18BrNOS. The van der Waals surface area contributed by atoms with Gasteiger partial charge in [0, 0.05) is 21.3 Å². The highest BCUT2D eigenvalue weighted by atomic mass is 79.9. The van der Waals surface area contributed by atoms with Crippen molar-refractivity contribution in [3.05, 3.63) is 50.6 Å². The molecule has 2 aromatic rings. The second-order valence-electron chi connectivity index (χ2n) is 5.05. The highest BCUT2D eigenvalue weighted by Gasteiger charge is 2.29. The van der Waals surface area contributed by atoms with Crippen molar-refractivity contribution in [3.8, 4) is 5.75 Å². The van der Waals surface area contributed by atoms with Crippen LogP contribution in [0.5, 0.6) is 5.75 Å². The molecule has 2 unspecified atom stereocenters. The number of fused-ring (bicyclic) bond motifs is 1. The summed E-state index contributed by atoms with van der Waals surface area (Å²) in [6.45, 7) is 3.90. The second-order valence-corrected chi connectivity index (χ2v) is 6.85. The van der Waals surface area contributed by atoms with Gasteiger partial charge in [0.15, 0.2) is 0 Å². The first-order valence-corrected chi connectivity index (χ1v) is 8.64. The lowest BCUT2D eigenvalue weighted by atomic mass is 9.89. The summed E-state index contributed by atoms with van der Waals surface area (Å²) in [5.74, 6) is 1.52. The molecule has 106 valence electrons. The van der Waals surface area contributed by atoms with Crippen molar-refractivity contribution in [3.63, 3.8) is 0 Å². The summed E-state index contributed by atoms with van der Waals surface area (Å²) in [5, 5.41) is 5.77. The van der Waals surface area contributed by atoms with Crippen LogP contribution in [0.25, 0.3) is 0 Å². The Balaban J connectivity index is 1.85. The third kappa shape index (κ3) is 2.78. The predicted octanol–water partition coefficient (Wildman–Crippen LogP) is 4.41. The van der Waals surface area contributed by atoms with Crippen molar-refractivity contribution in [2.24, 2.45) is 5.92 Å². The Morgan fingerprint density at radius 2 is 2.25 bits per heavy atom. The average Bonchev–Trinajstić information content (AvgIpc) is 2.90. The van der Waals surface area contributed by atoms with Gasteiger partial charge in [-0.1, -0.05) is 25.1 Å². The summed E-state index contributed by atoms with van der Waals surface area (Å²) in [4.78, 5) is 1.37. The summed E-state index contributed by atoms with van der Waals surface area (Å²) in [6, 6.07) is 10.8. The molecule has 2 nitrogen and oxygen atoms in total. The van der Waals surface area contributed by atoms with E-state index >= 15 is 0 Å². The van der Waals surface area contributed by atoms with Crippen LogP contribution in [0.2, 0.25) is 0 Å². The fourth-order valence-electron chi connectivity index (χ4n) is 2.79. The Morgan fingerprint density at radius 1 is 1.40 bits per heavy atom. The summed E-state index contributed by atoms with van der Waals surface area (Å²) in [7, 11) is 0. The first kappa shape index (κ1) is 14.1. The third-order valence-electron chi connectivity index (χ3n) is 3.73. The maximum atomic E-state index is 5.95. The van der Waals surface area contributed by atoms with Crippen LogP contribution in [0.4, 0.5) is 0 Å². The van der Waals surface area contributed by atoms with Gasteiger partial charge in [0.1, 0.15) is 5.75 Å². The molecule has 3 rings (SSSR count). The standard InChI is InChI=1S/C16H18BrNOS/c1-2-18-15(16-13(17)7-8-20-16)12-9-11-5-3-4-6-14(11)19-10-12/h3-8,12,15,18H,2,9-10H2,1H3. The van der Waals surface area contributed by atoms with E-state index in [0.29, 0.717) is 12.0 Å². The van der Waals surface area contributed by atoms with Gasteiger partial charge < -0.3 is 10.1 Å². The molecule has 2 atom stereocenters. The molecule has 0 fully saturated rings. The molecule has 0 aliphatic carbocycles. The fourth-order valence-corrected chi connectivity index (χ4v) is 4.57. The SMILES string of the molecule is CCNC(c1sccc1Br)C1COc2ccccc2C1. The van der Waals surface area contributed by atoms with Crippen LogP contribution >= 0.6 is 27.3 Å². The molecule has 0 bridgehead atoms. The van der Waals surface area contributed by atoms with Gasteiger partial charge in [-0.05, 0) is 52.0 Å². The van der Waals surface area contributed by atoms with Crippen molar-refractivity contribution >= 4 is 27.3 Å². The number of thiophene rings is 1. The number of hydrogen-bond acceptors (Lipinski definition) is 3. The Bertz CT molecular complexity index is 583. The zero-order chi connectivity index (χ0) is 13.9. The monoisotopic (exact) mass is 351 g/mol. The van der Waals surface area contributed by atoms with E-state index in [-0.39, 0.29) is 0 Å². The van der Waals surface area contributed by atoms with E-state index in [2.05, 4.69) is 57.8 Å². The van der Waals surface area contributed by atoms with Crippen LogP contribution in [0.15, 0.2) is 40.2 Å². The second kappa shape index (κ2) is 6.29. The molecule has 20 heavy (non-hydrogen) atoms. The molecule has 0 saturated carbocycles. The van der Waals surface area contributed by atoms with E-state index in [1.54, 1.807) is 0 Å². The Morgan fingerprint density at radius 3 is 3.00 bits per heavy atom. The van der Waals surface area contributed by atoms with E-state index in [4.69, 9.17) is 4.74 Å². The maximum absolute atomic E-state index is 5.95. The summed E-state index contributed by atoms with van der Waals surface area (Å²) < 4.78 is 7.15. The van der Waals surface area contributed by atoms with Crippen LogP contribution in [0, 0.1) is 5.92 Å². The molecule has 4 heteroatoms. The molecule has 2 heterocycles. The largest absolute Gasteiger partial charge is 0.493 e. The number of hydrogen-bond donors (Lipinski definition) is 1. The Labute approximate surface area is 132 Å². The normalized spacial score (nSPS) is 19.2. The first-order chi connectivity index (χ1) is 9.79. The van der Waals surface area contributed by atoms with Crippen LogP contribution in [-0.4, -0.2) is 13.2 Å². The molecule has 1 N–H and O–H groups in total. The number of rotatable bonds is 4. The van der Waals surface area contributed by atoms with Gasteiger partial charge in [-0.15, -0.1) is 11.3 Å². The van der Waals surface area contributed by atoms with Crippen LogP contribution in [0.1, 0.15) is 23.4 Å². The number of para-hydroxylation sites is 1. The lowest BCUT2D eigenvalue weighted by Gasteiger charge is -2.32. The van der Waals surface area contributed by atoms with Crippen LogP contribution in [-0.2, 0) is 6.42 Å². The number of ether oxygens (including phenoxy) is 1. The van der Waals surface area contributed by atoms with Crippen molar-refractivity contribution < 1.29 is 4.74 Å². The summed E-state index contributed by atoms with van der Waals surface area (Å²) in [5.41, 5.74) is 1.32. The molecule has 1 aliphatic heterocycles. The molecule has 0 amide bonds. The van der Waals surface area contributed by atoms with Gasteiger partial charge in [0.05, 0.1) is 6.61 Å². The number of nitrogens with one attached hydrogen (secondary N) is 1. The first-order valence-electron chi connectivity index (χ1n) is 6.96. The zero-order valence-electron chi connectivity index (χ0n) is 11.4.